The summed E-state index contributed by atoms with van der Waals surface area (Å²) in [5.74, 6) is -0.597. The fourth-order valence-corrected chi connectivity index (χ4v) is 2.43. The van der Waals surface area contributed by atoms with Gasteiger partial charge >= 0.3 is 0 Å². The summed E-state index contributed by atoms with van der Waals surface area (Å²) in [6, 6.07) is 18.4. The van der Waals surface area contributed by atoms with Crippen LogP contribution in [0.3, 0.4) is 0 Å². The van der Waals surface area contributed by atoms with Crippen molar-refractivity contribution in [3.63, 3.8) is 0 Å². The van der Waals surface area contributed by atoms with Gasteiger partial charge in [0.1, 0.15) is 5.69 Å². The molecule has 0 bridgehead atoms. The van der Waals surface area contributed by atoms with E-state index in [9.17, 15) is 9.59 Å². The van der Waals surface area contributed by atoms with Crippen molar-refractivity contribution >= 4 is 17.5 Å². The predicted octanol–water partition coefficient (Wildman–Crippen LogP) is 3.36. The van der Waals surface area contributed by atoms with E-state index in [1.54, 1.807) is 25.2 Å². The lowest BCUT2D eigenvalue weighted by Gasteiger charge is -2.14. The van der Waals surface area contributed by atoms with Gasteiger partial charge in [-0.05, 0) is 19.1 Å². The Morgan fingerprint density at radius 1 is 1.08 bits per heavy atom. The molecule has 1 N–H and O–H groups in total. The van der Waals surface area contributed by atoms with Crippen LogP contribution in [-0.2, 0) is 4.79 Å². The highest BCUT2D eigenvalue weighted by Crippen LogP contribution is 2.20. The number of benzene rings is 2. The third-order valence-electron chi connectivity index (χ3n) is 3.85. The minimum Gasteiger partial charge on any atom is -0.350 e. The molecule has 6 heteroatoms. The summed E-state index contributed by atoms with van der Waals surface area (Å²) in [4.78, 5) is 25.8. The first-order chi connectivity index (χ1) is 12.5. The maximum Gasteiger partial charge on any atom is 0.292 e. The molecule has 0 atom stereocenters. The number of likely N-dealkylation sites (N-methyl/N-ethyl adjacent to an activating group) is 1. The topological polar surface area (TPSA) is 75.4 Å². The molecule has 6 nitrogen and oxygen atoms in total. The highest BCUT2D eigenvalue weighted by Gasteiger charge is 2.20. The van der Waals surface area contributed by atoms with Crippen molar-refractivity contribution in [2.75, 3.05) is 18.9 Å². The van der Waals surface area contributed by atoms with Crippen molar-refractivity contribution in [3.05, 3.63) is 72.0 Å². The summed E-state index contributed by atoms with van der Waals surface area (Å²) in [6.45, 7) is 1.91. The van der Waals surface area contributed by atoms with Gasteiger partial charge in [-0.2, -0.15) is 0 Å². The van der Waals surface area contributed by atoms with E-state index >= 15 is 0 Å². The standard InChI is InChI=1S/C20H19N3O3/c1-14-8-10-15(11-9-14)17-12-18(26-22-17)20(25)23(2)13-19(24)21-16-6-4-3-5-7-16/h3-12H,13H2,1-2H3,(H,21,24). The highest BCUT2D eigenvalue weighted by atomic mass is 16.5. The Morgan fingerprint density at radius 2 is 1.77 bits per heavy atom. The Balaban J connectivity index is 1.63. The van der Waals surface area contributed by atoms with Gasteiger partial charge in [0, 0.05) is 24.4 Å². The molecule has 1 heterocycles. The van der Waals surface area contributed by atoms with Crippen LogP contribution in [0.4, 0.5) is 5.69 Å². The molecule has 0 aliphatic carbocycles. The fourth-order valence-electron chi connectivity index (χ4n) is 2.43. The van der Waals surface area contributed by atoms with E-state index in [1.807, 2.05) is 49.4 Å². The summed E-state index contributed by atoms with van der Waals surface area (Å²) < 4.78 is 5.16. The number of nitrogens with zero attached hydrogens (tertiary/aromatic N) is 2. The molecule has 0 unspecified atom stereocenters. The van der Waals surface area contributed by atoms with Gasteiger partial charge in [-0.1, -0.05) is 53.2 Å². The number of anilines is 1. The zero-order valence-corrected chi connectivity index (χ0v) is 14.6. The lowest BCUT2D eigenvalue weighted by Crippen LogP contribution is -2.34. The Hall–Kier alpha value is -3.41. The summed E-state index contributed by atoms with van der Waals surface area (Å²) in [5.41, 5.74) is 3.26. The number of carbonyl (C=O) groups excluding carboxylic acids is 2. The first-order valence-corrected chi connectivity index (χ1v) is 8.17. The van der Waals surface area contributed by atoms with Gasteiger partial charge in [0.2, 0.25) is 11.7 Å². The van der Waals surface area contributed by atoms with E-state index in [0.29, 0.717) is 11.4 Å². The average molecular weight is 349 g/mol. The second kappa shape index (κ2) is 7.65. The van der Waals surface area contributed by atoms with Gasteiger partial charge in [-0.15, -0.1) is 0 Å². The van der Waals surface area contributed by atoms with E-state index in [0.717, 1.165) is 11.1 Å². The van der Waals surface area contributed by atoms with E-state index in [-0.39, 0.29) is 18.2 Å². The molecule has 1 aromatic heterocycles. The van der Waals surface area contributed by atoms with Crippen LogP contribution in [0.25, 0.3) is 11.3 Å². The van der Waals surface area contributed by atoms with Crippen molar-refractivity contribution in [2.45, 2.75) is 6.92 Å². The maximum absolute atomic E-state index is 12.4. The van der Waals surface area contributed by atoms with Crippen LogP contribution in [0, 0.1) is 6.92 Å². The maximum atomic E-state index is 12.4. The zero-order valence-electron chi connectivity index (χ0n) is 14.6. The van der Waals surface area contributed by atoms with Crippen LogP contribution in [-0.4, -0.2) is 35.5 Å². The van der Waals surface area contributed by atoms with Gasteiger partial charge in [0.25, 0.3) is 5.91 Å². The number of carbonyl (C=O) groups is 2. The second-order valence-corrected chi connectivity index (χ2v) is 6.02. The number of amides is 2. The SMILES string of the molecule is Cc1ccc(-c2cc(C(=O)N(C)CC(=O)Nc3ccccc3)on2)cc1. The number of nitrogens with one attached hydrogen (secondary N) is 1. The minimum absolute atomic E-state index is 0.0890. The first-order valence-electron chi connectivity index (χ1n) is 8.17. The smallest absolute Gasteiger partial charge is 0.292 e. The Labute approximate surface area is 151 Å². The highest BCUT2D eigenvalue weighted by molar-refractivity contribution is 5.98. The van der Waals surface area contributed by atoms with Gasteiger partial charge in [0.15, 0.2) is 0 Å². The van der Waals surface area contributed by atoms with Crippen molar-refractivity contribution in [2.24, 2.45) is 0 Å². The number of hydrogen-bond donors (Lipinski definition) is 1. The molecule has 0 saturated carbocycles. The lowest BCUT2D eigenvalue weighted by atomic mass is 10.1. The van der Waals surface area contributed by atoms with Crippen LogP contribution >= 0.6 is 0 Å². The van der Waals surface area contributed by atoms with Crippen molar-refractivity contribution in [3.8, 4) is 11.3 Å². The van der Waals surface area contributed by atoms with Gasteiger partial charge in [-0.25, -0.2) is 0 Å². The van der Waals surface area contributed by atoms with Crippen LogP contribution < -0.4 is 5.32 Å². The van der Waals surface area contributed by atoms with Crippen LogP contribution in [0.1, 0.15) is 16.1 Å². The van der Waals surface area contributed by atoms with E-state index < -0.39 is 5.91 Å². The Morgan fingerprint density at radius 3 is 2.46 bits per heavy atom. The van der Waals surface area contributed by atoms with E-state index in [2.05, 4.69) is 10.5 Å². The fraction of sp³-hybridized carbons (Fsp3) is 0.150. The number of hydrogen-bond acceptors (Lipinski definition) is 4. The summed E-state index contributed by atoms with van der Waals surface area (Å²) >= 11 is 0. The molecule has 2 amide bonds. The van der Waals surface area contributed by atoms with Gasteiger partial charge < -0.3 is 14.7 Å². The van der Waals surface area contributed by atoms with E-state index in [4.69, 9.17) is 4.52 Å². The molecule has 0 aliphatic heterocycles. The molecule has 0 radical (unpaired) electrons. The van der Waals surface area contributed by atoms with Gasteiger partial charge in [-0.3, -0.25) is 9.59 Å². The van der Waals surface area contributed by atoms with Crippen molar-refractivity contribution in [1.82, 2.24) is 10.1 Å². The molecule has 3 rings (SSSR count). The molecular weight excluding hydrogens is 330 g/mol. The number of aromatic nitrogens is 1. The quantitative estimate of drug-likeness (QED) is 0.766. The largest absolute Gasteiger partial charge is 0.350 e. The summed E-state index contributed by atoms with van der Waals surface area (Å²) in [7, 11) is 1.54. The average Bonchev–Trinajstić information content (AvgIpc) is 3.12. The molecular formula is C20H19N3O3. The third-order valence-corrected chi connectivity index (χ3v) is 3.85. The minimum atomic E-state index is -0.404. The number of rotatable bonds is 5. The number of para-hydroxylation sites is 1. The molecule has 0 aliphatic rings. The summed E-state index contributed by atoms with van der Waals surface area (Å²) in [6.07, 6.45) is 0. The third kappa shape index (κ3) is 4.16. The van der Waals surface area contributed by atoms with Crippen LogP contribution in [0.5, 0.6) is 0 Å². The molecule has 3 aromatic rings. The number of aryl methyl sites for hydroxylation is 1. The molecule has 132 valence electrons. The first kappa shape index (κ1) is 17.4. The predicted molar refractivity (Wildman–Crippen MR) is 98.7 cm³/mol. The van der Waals surface area contributed by atoms with Crippen LogP contribution in [0.15, 0.2) is 65.2 Å². The van der Waals surface area contributed by atoms with Crippen molar-refractivity contribution < 1.29 is 14.1 Å². The Kier molecular flexibility index (Phi) is 5.12. The lowest BCUT2D eigenvalue weighted by molar-refractivity contribution is -0.116. The monoisotopic (exact) mass is 349 g/mol. The molecule has 0 saturated heterocycles. The Bertz CT molecular complexity index is 902. The van der Waals surface area contributed by atoms with Gasteiger partial charge in [0.05, 0.1) is 6.54 Å². The molecule has 0 fully saturated rings. The normalized spacial score (nSPS) is 10.4. The summed E-state index contributed by atoms with van der Waals surface area (Å²) in [5, 5.41) is 6.68. The molecule has 2 aromatic carbocycles. The molecule has 26 heavy (non-hydrogen) atoms. The van der Waals surface area contributed by atoms with E-state index in [1.165, 1.54) is 4.90 Å². The zero-order chi connectivity index (χ0) is 18.5. The second-order valence-electron chi connectivity index (χ2n) is 6.02. The van der Waals surface area contributed by atoms with Crippen LogP contribution in [0.2, 0.25) is 0 Å². The molecule has 0 spiro atoms. The van der Waals surface area contributed by atoms with Crippen molar-refractivity contribution in [1.29, 1.82) is 0 Å².